The molecule has 0 aliphatic heterocycles. The van der Waals surface area contributed by atoms with Gasteiger partial charge in [0.2, 0.25) is 0 Å². The van der Waals surface area contributed by atoms with Gasteiger partial charge in [-0.3, -0.25) is 10.1 Å². The van der Waals surface area contributed by atoms with Crippen LogP contribution in [-0.2, 0) is 4.79 Å². The maximum Gasteiger partial charge on any atom is 0.323 e. The molecule has 0 saturated heterocycles. The smallest absolute Gasteiger partial charge is 0.323 e. The number of nitrogens with one attached hydrogen (secondary N) is 1. The molecule has 2 saturated carbocycles. The van der Waals surface area contributed by atoms with Crippen molar-refractivity contribution in [2.24, 2.45) is 0 Å². The minimum atomic E-state index is -0.652. The van der Waals surface area contributed by atoms with E-state index in [1.807, 2.05) is 0 Å². The molecular weight excluding hydrogens is 198 g/mol. The summed E-state index contributed by atoms with van der Waals surface area (Å²) in [6, 6.07) is 0.478. The summed E-state index contributed by atoms with van der Waals surface area (Å²) in [5.41, 5.74) is -0.602. The van der Waals surface area contributed by atoms with Gasteiger partial charge in [0, 0.05) is 11.3 Å². The van der Waals surface area contributed by atoms with E-state index in [1.54, 1.807) is 11.8 Å². The van der Waals surface area contributed by atoms with Crippen molar-refractivity contribution in [3.05, 3.63) is 0 Å². The Hall–Kier alpha value is -0.220. The van der Waals surface area contributed by atoms with Gasteiger partial charge in [-0.25, -0.2) is 0 Å². The Bertz CT molecular complexity index is 242. The fourth-order valence-electron chi connectivity index (χ4n) is 2.21. The van der Waals surface area contributed by atoms with Gasteiger partial charge in [0.05, 0.1) is 0 Å². The van der Waals surface area contributed by atoms with Crippen molar-refractivity contribution in [1.29, 1.82) is 0 Å². The van der Waals surface area contributed by atoms with E-state index in [-0.39, 0.29) is 0 Å². The van der Waals surface area contributed by atoms with Crippen molar-refractivity contribution >= 4 is 17.7 Å². The minimum absolute atomic E-state index is 0.478. The van der Waals surface area contributed by atoms with Crippen LogP contribution in [0.15, 0.2) is 0 Å². The second kappa shape index (κ2) is 3.74. The number of aliphatic carboxylic acids is 1. The second-order valence-electron chi connectivity index (χ2n) is 4.41. The molecule has 2 rings (SSSR count). The van der Waals surface area contributed by atoms with Gasteiger partial charge in [-0.1, -0.05) is 0 Å². The van der Waals surface area contributed by atoms with Crippen LogP contribution in [0.1, 0.15) is 32.1 Å². The second-order valence-corrected chi connectivity index (χ2v) is 5.54. The third kappa shape index (κ3) is 1.91. The molecule has 4 heteroatoms. The first kappa shape index (κ1) is 10.3. The summed E-state index contributed by atoms with van der Waals surface area (Å²) in [4.78, 5) is 11.3. The molecule has 14 heavy (non-hydrogen) atoms. The lowest BCUT2D eigenvalue weighted by molar-refractivity contribution is -0.144. The maximum absolute atomic E-state index is 11.3. The van der Waals surface area contributed by atoms with E-state index in [4.69, 9.17) is 0 Å². The topological polar surface area (TPSA) is 49.3 Å². The zero-order valence-electron chi connectivity index (χ0n) is 8.45. The zero-order chi connectivity index (χ0) is 10.2. The van der Waals surface area contributed by atoms with Crippen molar-refractivity contribution in [3.8, 4) is 0 Å². The maximum atomic E-state index is 11.3. The van der Waals surface area contributed by atoms with Crippen LogP contribution in [0.2, 0.25) is 0 Å². The summed E-state index contributed by atoms with van der Waals surface area (Å²) in [5.74, 6) is -0.652. The molecule has 0 heterocycles. The SMILES string of the molecule is CSC1CCC(NC2CC2)(C(=O)O)C1. The van der Waals surface area contributed by atoms with Crippen molar-refractivity contribution < 1.29 is 9.90 Å². The van der Waals surface area contributed by atoms with E-state index in [9.17, 15) is 9.90 Å². The third-order valence-electron chi connectivity index (χ3n) is 3.27. The number of hydrogen-bond donors (Lipinski definition) is 2. The third-order valence-corrected chi connectivity index (χ3v) is 4.34. The molecule has 2 aliphatic carbocycles. The molecule has 0 aromatic heterocycles. The number of rotatable bonds is 4. The molecule has 0 spiro atoms. The number of carbonyl (C=O) groups is 1. The van der Waals surface area contributed by atoms with Gasteiger partial charge in [0.25, 0.3) is 0 Å². The molecule has 0 aromatic carbocycles. The average Bonchev–Trinajstić information content (AvgIpc) is 2.83. The Morgan fingerprint density at radius 1 is 1.50 bits per heavy atom. The van der Waals surface area contributed by atoms with Gasteiger partial charge in [-0.05, 0) is 38.4 Å². The summed E-state index contributed by atoms with van der Waals surface area (Å²) >= 11 is 1.80. The molecule has 2 unspecified atom stereocenters. The molecule has 0 aromatic rings. The fraction of sp³-hybridized carbons (Fsp3) is 0.900. The Morgan fingerprint density at radius 3 is 2.64 bits per heavy atom. The largest absolute Gasteiger partial charge is 0.480 e. The molecule has 0 bridgehead atoms. The first-order chi connectivity index (χ1) is 6.66. The Kier molecular flexibility index (Phi) is 2.75. The highest BCUT2D eigenvalue weighted by Crippen LogP contribution is 2.38. The molecule has 0 radical (unpaired) electrons. The molecule has 3 nitrogen and oxygen atoms in total. The van der Waals surface area contributed by atoms with E-state index in [2.05, 4.69) is 11.6 Å². The van der Waals surface area contributed by atoms with Crippen LogP contribution in [0, 0.1) is 0 Å². The van der Waals surface area contributed by atoms with Crippen LogP contribution in [-0.4, -0.2) is 34.2 Å². The summed E-state index contributed by atoms with van der Waals surface area (Å²) in [6.07, 6.45) is 7.00. The molecule has 2 atom stereocenters. The van der Waals surface area contributed by atoms with Gasteiger partial charge >= 0.3 is 5.97 Å². The lowest BCUT2D eigenvalue weighted by Gasteiger charge is -2.25. The van der Waals surface area contributed by atoms with Crippen molar-refractivity contribution in [2.75, 3.05) is 6.26 Å². The summed E-state index contributed by atoms with van der Waals surface area (Å²) in [6.45, 7) is 0. The van der Waals surface area contributed by atoms with Crippen LogP contribution in [0.5, 0.6) is 0 Å². The number of thioether (sulfide) groups is 1. The van der Waals surface area contributed by atoms with E-state index < -0.39 is 11.5 Å². The van der Waals surface area contributed by atoms with Gasteiger partial charge in [0.15, 0.2) is 0 Å². The predicted octanol–water partition coefficient (Wildman–Crippen LogP) is 1.48. The molecule has 2 fully saturated rings. The Morgan fingerprint density at radius 2 is 2.21 bits per heavy atom. The first-order valence-corrected chi connectivity index (χ1v) is 6.49. The lowest BCUT2D eigenvalue weighted by atomic mass is 9.98. The average molecular weight is 215 g/mol. The van der Waals surface area contributed by atoms with Crippen molar-refractivity contribution in [1.82, 2.24) is 5.32 Å². The van der Waals surface area contributed by atoms with Gasteiger partial charge in [0.1, 0.15) is 5.54 Å². The number of carboxylic acid groups (broad SMARTS) is 1. The zero-order valence-corrected chi connectivity index (χ0v) is 9.27. The molecular formula is C10H17NO2S. The number of hydrogen-bond acceptors (Lipinski definition) is 3. The summed E-state index contributed by atoms with van der Waals surface area (Å²) in [5, 5.41) is 13.1. The number of carboxylic acids is 1. The standard InChI is InChI=1S/C10H17NO2S/c1-14-8-4-5-10(6-8,9(12)13)11-7-2-3-7/h7-8,11H,2-6H2,1H3,(H,12,13). The van der Waals surface area contributed by atoms with Crippen molar-refractivity contribution in [3.63, 3.8) is 0 Å². The normalized spacial score (nSPS) is 37.4. The highest BCUT2D eigenvalue weighted by atomic mass is 32.2. The van der Waals surface area contributed by atoms with E-state index >= 15 is 0 Å². The van der Waals surface area contributed by atoms with Crippen LogP contribution in [0.4, 0.5) is 0 Å². The molecule has 80 valence electrons. The van der Waals surface area contributed by atoms with Crippen LogP contribution < -0.4 is 5.32 Å². The van der Waals surface area contributed by atoms with E-state index in [0.29, 0.717) is 11.3 Å². The fourth-order valence-corrected chi connectivity index (χ4v) is 3.01. The highest BCUT2D eigenvalue weighted by molar-refractivity contribution is 7.99. The van der Waals surface area contributed by atoms with Gasteiger partial charge < -0.3 is 5.11 Å². The first-order valence-electron chi connectivity index (χ1n) is 5.20. The summed E-state index contributed by atoms with van der Waals surface area (Å²) in [7, 11) is 0. The Balaban J connectivity index is 2.03. The van der Waals surface area contributed by atoms with Crippen LogP contribution >= 0.6 is 11.8 Å². The summed E-state index contributed by atoms with van der Waals surface area (Å²) < 4.78 is 0. The van der Waals surface area contributed by atoms with Crippen molar-refractivity contribution in [2.45, 2.75) is 48.9 Å². The van der Waals surface area contributed by atoms with Crippen LogP contribution in [0.3, 0.4) is 0 Å². The van der Waals surface area contributed by atoms with E-state index in [0.717, 1.165) is 32.1 Å². The molecule has 2 aliphatic rings. The van der Waals surface area contributed by atoms with Crippen LogP contribution in [0.25, 0.3) is 0 Å². The monoisotopic (exact) mass is 215 g/mol. The molecule has 2 N–H and O–H groups in total. The van der Waals surface area contributed by atoms with Gasteiger partial charge in [-0.2, -0.15) is 11.8 Å². The minimum Gasteiger partial charge on any atom is -0.480 e. The van der Waals surface area contributed by atoms with E-state index in [1.165, 1.54) is 0 Å². The Labute approximate surface area is 88.6 Å². The highest BCUT2D eigenvalue weighted by Gasteiger charge is 2.47. The lowest BCUT2D eigenvalue weighted by Crippen LogP contribution is -2.51. The molecule has 0 amide bonds. The predicted molar refractivity (Wildman–Crippen MR) is 57.7 cm³/mol. The quantitative estimate of drug-likeness (QED) is 0.745. The van der Waals surface area contributed by atoms with Gasteiger partial charge in [-0.15, -0.1) is 0 Å².